The topological polar surface area (TPSA) is 65.0 Å². The molecule has 2 aromatic rings. The Labute approximate surface area is 198 Å². The van der Waals surface area contributed by atoms with Crippen LogP contribution in [0.3, 0.4) is 0 Å². The highest BCUT2D eigenvalue weighted by atomic mass is 32.2. The molecule has 1 aromatic carbocycles. The highest BCUT2D eigenvalue weighted by Gasteiger charge is 2.36. The van der Waals surface area contributed by atoms with Crippen LogP contribution in [0.4, 0.5) is 0 Å². The number of rotatable bonds is 9. The number of benzene rings is 1. The predicted octanol–water partition coefficient (Wildman–Crippen LogP) is 4.19. The van der Waals surface area contributed by atoms with Gasteiger partial charge in [-0.05, 0) is 44.6 Å². The Morgan fingerprint density at radius 2 is 1.91 bits per heavy atom. The fraction of sp³-hybridized carbons (Fsp3) is 0.440. The third kappa shape index (κ3) is 4.23. The number of carbonyl (C=O) groups excluding carboxylic acids is 1. The molecule has 1 aromatic heterocycles. The lowest BCUT2D eigenvalue weighted by molar-refractivity contribution is 0.0503. The zero-order chi connectivity index (χ0) is 23.5. The monoisotopic (exact) mass is 471 g/mol. The van der Waals surface area contributed by atoms with Gasteiger partial charge in [-0.25, -0.2) is 4.79 Å². The highest BCUT2D eigenvalue weighted by Crippen LogP contribution is 2.53. The Balaban J connectivity index is 1.95. The highest BCUT2D eigenvalue weighted by molar-refractivity contribution is 8.17. The minimum absolute atomic E-state index is 0.274. The van der Waals surface area contributed by atoms with E-state index in [2.05, 4.69) is 47.0 Å². The van der Waals surface area contributed by atoms with Crippen molar-refractivity contribution in [3.05, 3.63) is 41.7 Å². The van der Waals surface area contributed by atoms with Crippen molar-refractivity contribution in [1.82, 2.24) is 14.8 Å². The SMILES string of the molecule is CCOC(=O)c1c2c(cn1CN(CC)CC)C1=CCCNC1=S2c1ccc(OC)c(OC)c1. The quantitative estimate of drug-likeness (QED) is 0.437. The van der Waals surface area contributed by atoms with Crippen LogP contribution in [0.2, 0.25) is 0 Å². The molecule has 178 valence electrons. The molecule has 1 unspecified atom stereocenters. The predicted molar refractivity (Wildman–Crippen MR) is 133 cm³/mol. The van der Waals surface area contributed by atoms with E-state index in [0.29, 0.717) is 30.5 Å². The Kier molecular flexibility index (Phi) is 7.26. The van der Waals surface area contributed by atoms with Gasteiger partial charge < -0.3 is 18.8 Å². The molecule has 0 saturated carbocycles. The zero-order valence-corrected chi connectivity index (χ0v) is 20.9. The Hall–Kier alpha value is -2.55. The molecule has 7 nitrogen and oxygen atoms in total. The third-order valence-electron chi connectivity index (χ3n) is 6.06. The molecular weight excluding hydrogens is 438 g/mol. The summed E-state index contributed by atoms with van der Waals surface area (Å²) in [6, 6.07) is 6.02. The van der Waals surface area contributed by atoms with Gasteiger partial charge in [-0.3, -0.25) is 10.2 Å². The molecule has 0 aliphatic carbocycles. The molecule has 0 saturated heterocycles. The first kappa shape index (κ1) is 23.6. The molecule has 0 radical (unpaired) electrons. The summed E-state index contributed by atoms with van der Waals surface area (Å²) in [6.45, 7) is 9.81. The standard InChI is InChI=1S/C25H33N3O4S/c1-6-27(7-2)16-28-15-19-18-10-9-13-26-24(18)33(23(19)22(28)25(29)32-8-3)17-11-12-20(30-4)21(14-17)31-5/h10-12,14-15,26H,6-9,13,16H2,1-5H3. The molecule has 1 atom stereocenters. The number of esters is 1. The van der Waals surface area contributed by atoms with Gasteiger partial charge >= 0.3 is 5.97 Å². The first-order chi connectivity index (χ1) is 16.1. The number of carbonyl (C=O) groups is 1. The van der Waals surface area contributed by atoms with Gasteiger partial charge in [0.1, 0.15) is 5.69 Å². The Morgan fingerprint density at radius 1 is 1.15 bits per heavy atom. The maximum absolute atomic E-state index is 13.3. The number of fused-ring (bicyclic) bond motifs is 3. The maximum Gasteiger partial charge on any atom is 0.356 e. The molecule has 3 heterocycles. The summed E-state index contributed by atoms with van der Waals surface area (Å²) in [5.74, 6) is 1.09. The van der Waals surface area contributed by atoms with Gasteiger partial charge in [0.25, 0.3) is 0 Å². The van der Waals surface area contributed by atoms with Crippen LogP contribution in [0, 0.1) is 0 Å². The second-order valence-electron chi connectivity index (χ2n) is 7.84. The third-order valence-corrected chi connectivity index (χ3v) is 8.38. The lowest BCUT2D eigenvalue weighted by Crippen LogP contribution is -2.29. The number of ether oxygens (including phenoxy) is 3. The largest absolute Gasteiger partial charge is 0.493 e. The van der Waals surface area contributed by atoms with Gasteiger partial charge in [-0.2, -0.15) is 0 Å². The van der Waals surface area contributed by atoms with Crippen molar-refractivity contribution in [2.45, 2.75) is 43.7 Å². The van der Waals surface area contributed by atoms with E-state index in [9.17, 15) is 4.79 Å². The van der Waals surface area contributed by atoms with Crippen molar-refractivity contribution in [2.24, 2.45) is 0 Å². The average molecular weight is 472 g/mol. The number of nitrogens with one attached hydrogen (secondary N) is 1. The molecule has 0 amide bonds. The van der Waals surface area contributed by atoms with Gasteiger partial charge in [0.05, 0.1) is 32.5 Å². The van der Waals surface area contributed by atoms with E-state index < -0.39 is 10.5 Å². The molecule has 0 bridgehead atoms. The molecule has 1 N–H and O–H groups in total. The van der Waals surface area contributed by atoms with Crippen molar-refractivity contribution in [2.75, 3.05) is 40.5 Å². The normalized spacial score (nSPS) is 17.0. The molecule has 0 fully saturated rings. The average Bonchev–Trinajstić information content (AvgIpc) is 3.36. The zero-order valence-electron chi connectivity index (χ0n) is 20.1. The summed E-state index contributed by atoms with van der Waals surface area (Å²) in [4.78, 5) is 18.9. The minimum Gasteiger partial charge on any atom is -0.493 e. The molecule has 4 rings (SSSR count). The van der Waals surface area contributed by atoms with E-state index in [-0.39, 0.29) is 5.97 Å². The van der Waals surface area contributed by atoms with Gasteiger partial charge in [0, 0.05) is 33.7 Å². The summed E-state index contributed by atoms with van der Waals surface area (Å²) in [5.41, 5.74) is 2.95. The van der Waals surface area contributed by atoms with Gasteiger partial charge in [-0.1, -0.05) is 19.9 Å². The lowest BCUT2D eigenvalue weighted by Gasteiger charge is -2.22. The number of methoxy groups -OCH3 is 2. The van der Waals surface area contributed by atoms with Crippen LogP contribution in [-0.2, 0) is 11.4 Å². The van der Waals surface area contributed by atoms with Crippen LogP contribution in [0.1, 0.15) is 43.2 Å². The van der Waals surface area contributed by atoms with Crippen molar-refractivity contribution >= 4 is 27.0 Å². The van der Waals surface area contributed by atoms with Gasteiger partial charge in [0.15, 0.2) is 11.5 Å². The van der Waals surface area contributed by atoms with Gasteiger partial charge in [-0.15, -0.1) is 10.5 Å². The smallest absolute Gasteiger partial charge is 0.356 e. The molecular formula is C25H33N3O4S. The van der Waals surface area contributed by atoms with Crippen molar-refractivity contribution < 1.29 is 19.0 Å². The van der Waals surface area contributed by atoms with Crippen molar-refractivity contribution in [3.63, 3.8) is 0 Å². The Bertz CT molecular complexity index is 1120. The van der Waals surface area contributed by atoms with Gasteiger partial charge in [0.2, 0.25) is 0 Å². The first-order valence-corrected chi connectivity index (χ1v) is 12.7. The van der Waals surface area contributed by atoms with Crippen LogP contribution in [-0.4, -0.2) is 60.9 Å². The van der Waals surface area contributed by atoms with E-state index in [1.807, 2.05) is 19.1 Å². The van der Waals surface area contributed by atoms with E-state index >= 15 is 0 Å². The molecule has 2 aliphatic rings. The molecule has 33 heavy (non-hydrogen) atoms. The summed E-state index contributed by atoms with van der Waals surface area (Å²) in [6.07, 6.45) is 5.37. The van der Waals surface area contributed by atoms with Crippen LogP contribution >= 0.6 is 10.5 Å². The number of aromatic nitrogens is 1. The number of nitrogens with zero attached hydrogens (tertiary/aromatic N) is 2. The fourth-order valence-corrected chi connectivity index (χ4v) is 6.92. The van der Waals surface area contributed by atoms with E-state index in [1.165, 1.54) is 10.6 Å². The summed E-state index contributed by atoms with van der Waals surface area (Å²) >= 11 is 0. The molecule has 8 heteroatoms. The lowest BCUT2D eigenvalue weighted by atomic mass is 10.1. The van der Waals surface area contributed by atoms with Crippen molar-refractivity contribution in [1.29, 1.82) is 0 Å². The second-order valence-corrected chi connectivity index (χ2v) is 9.74. The Morgan fingerprint density at radius 3 is 2.58 bits per heavy atom. The van der Waals surface area contributed by atoms with Crippen LogP contribution in [0.5, 0.6) is 11.5 Å². The van der Waals surface area contributed by atoms with Crippen LogP contribution in [0.25, 0.3) is 5.57 Å². The molecule has 2 aliphatic heterocycles. The minimum atomic E-state index is -0.476. The second kappa shape index (κ2) is 10.2. The maximum atomic E-state index is 13.3. The number of hydrogen-bond donors (Lipinski definition) is 1. The van der Waals surface area contributed by atoms with Crippen LogP contribution in [0.15, 0.2) is 40.3 Å². The summed E-state index contributed by atoms with van der Waals surface area (Å²) in [7, 11) is 2.81. The fourth-order valence-electron chi connectivity index (χ4n) is 4.38. The summed E-state index contributed by atoms with van der Waals surface area (Å²) < 4.78 is 18.7. The molecule has 0 spiro atoms. The number of hydrogen-bond acceptors (Lipinski definition) is 6. The van der Waals surface area contributed by atoms with Crippen LogP contribution < -0.4 is 14.8 Å². The summed E-state index contributed by atoms with van der Waals surface area (Å²) in [5, 5.41) is 3.63. The van der Waals surface area contributed by atoms with Crippen molar-refractivity contribution in [3.8, 4) is 11.5 Å². The van der Waals surface area contributed by atoms with E-state index in [4.69, 9.17) is 14.2 Å². The van der Waals surface area contributed by atoms with E-state index in [0.717, 1.165) is 41.4 Å². The first-order valence-electron chi connectivity index (χ1n) is 11.5. The van der Waals surface area contributed by atoms with E-state index in [1.54, 1.807) is 14.2 Å².